The molecule has 3 aliphatic rings. The molecule has 3 fully saturated rings. The summed E-state index contributed by atoms with van der Waals surface area (Å²) < 4.78 is 48.5. The molecule has 2 unspecified atom stereocenters. The van der Waals surface area contributed by atoms with Crippen molar-refractivity contribution < 1.29 is 27.5 Å². The van der Waals surface area contributed by atoms with Crippen LogP contribution in [-0.4, -0.2) is 98.7 Å². The topological polar surface area (TPSA) is 103 Å². The van der Waals surface area contributed by atoms with E-state index in [9.17, 15) is 18.4 Å². The highest BCUT2D eigenvalue weighted by Crippen LogP contribution is 2.36. The van der Waals surface area contributed by atoms with Gasteiger partial charge in [0.2, 0.25) is 24.2 Å². The SMILES string of the molecule is C[C@H]1CN(c2cc(F)c(-c3cnc(N4CCOCC4)nc3)cc2NC(=O)C2CNC(=O)CC2C(F)F)CCN1C. The number of piperazine rings is 1. The molecular weight excluding hydrogens is 527 g/mol. The molecule has 0 radical (unpaired) electrons. The molecule has 0 bridgehead atoms. The maximum atomic E-state index is 15.6. The Kier molecular flexibility index (Phi) is 8.40. The molecule has 10 nitrogen and oxygen atoms in total. The third-order valence-corrected chi connectivity index (χ3v) is 8.00. The number of carbonyl (C=O) groups is 2. The highest BCUT2D eigenvalue weighted by molar-refractivity contribution is 5.98. The first-order valence-electron chi connectivity index (χ1n) is 13.5. The van der Waals surface area contributed by atoms with Crippen molar-refractivity contribution in [2.75, 3.05) is 74.6 Å². The molecule has 13 heteroatoms. The number of piperidine rings is 1. The van der Waals surface area contributed by atoms with E-state index in [1.165, 1.54) is 24.5 Å². The van der Waals surface area contributed by atoms with Crippen LogP contribution in [0.2, 0.25) is 0 Å². The molecule has 0 spiro atoms. The number of nitrogens with one attached hydrogen (secondary N) is 2. The molecule has 3 saturated heterocycles. The van der Waals surface area contributed by atoms with Crippen LogP contribution >= 0.6 is 0 Å². The van der Waals surface area contributed by atoms with Gasteiger partial charge in [0.1, 0.15) is 5.82 Å². The number of alkyl halides is 2. The van der Waals surface area contributed by atoms with Crippen molar-refractivity contribution in [1.82, 2.24) is 20.2 Å². The Bertz CT molecular complexity index is 1230. The van der Waals surface area contributed by atoms with Crippen LogP contribution in [0.5, 0.6) is 0 Å². The molecular formula is C27H34F3N7O3. The Labute approximate surface area is 230 Å². The number of rotatable bonds is 6. The van der Waals surface area contributed by atoms with E-state index >= 15 is 4.39 Å². The molecule has 2 N–H and O–H groups in total. The minimum atomic E-state index is -2.83. The van der Waals surface area contributed by atoms with Crippen LogP contribution in [0.25, 0.3) is 11.1 Å². The van der Waals surface area contributed by atoms with E-state index in [1.807, 2.05) is 16.8 Å². The minimum absolute atomic E-state index is 0.178. The zero-order valence-electron chi connectivity index (χ0n) is 22.6. The summed E-state index contributed by atoms with van der Waals surface area (Å²) >= 11 is 0. The van der Waals surface area contributed by atoms with Gasteiger partial charge in [-0.25, -0.2) is 23.1 Å². The highest BCUT2D eigenvalue weighted by atomic mass is 19.3. The summed E-state index contributed by atoms with van der Waals surface area (Å²) in [5.41, 5.74) is 1.37. The van der Waals surface area contributed by atoms with Gasteiger partial charge < -0.3 is 30.1 Å². The number of likely N-dealkylation sites (N-methyl/N-ethyl adjacent to an activating group) is 1. The fourth-order valence-electron chi connectivity index (χ4n) is 5.38. The summed E-state index contributed by atoms with van der Waals surface area (Å²) in [7, 11) is 2.01. The van der Waals surface area contributed by atoms with Gasteiger partial charge in [-0.1, -0.05) is 0 Å². The number of hydrogen-bond acceptors (Lipinski definition) is 8. The smallest absolute Gasteiger partial charge is 0.242 e. The monoisotopic (exact) mass is 561 g/mol. The lowest BCUT2D eigenvalue weighted by Crippen LogP contribution is -2.50. The standard InChI is InChI=1S/C27H34F3N7O3/c1-16-15-37(4-3-35(16)2)23-11-21(28)18(17-12-32-27(33-13-17)36-5-7-40-8-6-36)9-22(23)34-26(39)20-14-31-24(38)10-19(20)25(29)30/h9,11-13,16,19-20,25H,3-8,10,14-15H2,1-2H3,(H,31,38)(H,34,39)/t16-,19?,20?/m0/s1. The molecule has 4 heterocycles. The van der Waals surface area contributed by atoms with E-state index in [2.05, 4.69) is 32.4 Å². The van der Waals surface area contributed by atoms with E-state index in [0.717, 1.165) is 6.54 Å². The number of nitrogens with zero attached hydrogens (tertiary/aromatic N) is 5. The van der Waals surface area contributed by atoms with Crippen molar-refractivity contribution >= 4 is 29.1 Å². The average molecular weight is 562 g/mol. The second kappa shape index (κ2) is 12.0. The minimum Gasteiger partial charge on any atom is -0.378 e. The first kappa shape index (κ1) is 28.1. The first-order chi connectivity index (χ1) is 19.2. The summed E-state index contributed by atoms with van der Waals surface area (Å²) in [6.45, 7) is 6.25. The summed E-state index contributed by atoms with van der Waals surface area (Å²) in [5, 5.41) is 5.31. The molecule has 5 rings (SSSR count). The molecule has 2 amide bonds. The molecule has 1 aromatic carbocycles. The molecule has 3 aliphatic heterocycles. The van der Waals surface area contributed by atoms with Gasteiger partial charge in [-0.2, -0.15) is 0 Å². The summed E-state index contributed by atoms with van der Waals surface area (Å²) in [4.78, 5) is 40.1. The second-order valence-electron chi connectivity index (χ2n) is 10.6. The van der Waals surface area contributed by atoms with Gasteiger partial charge in [0, 0.05) is 81.2 Å². The predicted molar refractivity (Wildman–Crippen MR) is 144 cm³/mol. The lowest BCUT2D eigenvalue weighted by atomic mass is 9.85. The van der Waals surface area contributed by atoms with E-state index in [4.69, 9.17) is 4.74 Å². The number of halogens is 3. The molecule has 1 aromatic heterocycles. The number of carbonyl (C=O) groups excluding carboxylic acids is 2. The van der Waals surface area contributed by atoms with Crippen LogP contribution in [0.1, 0.15) is 13.3 Å². The van der Waals surface area contributed by atoms with Crippen LogP contribution in [0.4, 0.5) is 30.5 Å². The van der Waals surface area contributed by atoms with E-state index in [0.29, 0.717) is 62.3 Å². The van der Waals surface area contributed by atoms with Crippen molar-refractivity contribution in [3.05, 3.63) is 30.3 Å². The Balaban J connectivity index is 1.47. The van der Waals surface area contributed by atoms with Crippen molar-refractivity contribution in [3.63, 3.8) is 0 Å². The lowest BCUT2D eigenvalue weighted by molar-refractivity contribution is -0.133. The predicted octanol–water partition coefficient (Wildman–Crippen LogP) is 2.22. The fraction of sp³-hybridized carbons (Fsp3) is 0.556. The van der Waals surface area contributed by atoms with Gasteiger partial charge in [0.15, 0.2) is 0 Å². The first-order valence-corrected chi connectivity index (χ1v) is 13.5. The Morgan fingerprint density at radius 2 is 1.85 bits per heavy atom. The van der Waals surface area contributed by atoms with Gasteiger partial charge in [-0.15, -0.1) is 0 Å². The normalized spacial score (nSPS) is 24.2. The van der Waals surface area contributed by atoms with Crippen LogP contribution in [0.15, 0.2) is 24.5 Å². The number of amides is 2. The highest BCUT2D eigenvalue weighted by Gasteiger charge is 2.40. The van der Waals surface area contributed by atoms with Crippen LogP contribution in [-0.2, 0) is 14.3 Å². The molecule has 3 atom stereocenters. The fourth-order valence-corrected chi connectivity index (χ4v) is 5.38. The third kappa shape index (κ3) is 5.99. The van der Waals surface area contributed by atoms with Gasteiger partial charge in [0.25, 0.3) is 0 Å². The quantitative estimate of drug-likeness (QED) is 0.554. The van der Waals surface area contributed by atoms with Gasteiger partial charge in [-0.3, -0.25) is 9.59 Å². The second-order valence-corrected chi connectivity index (χ2v) is 10.6. The van der Waals surface area contributed by atoms with Crippen molar-refractivity contribution in [2.45, 2.75) is 25.8 Å². The van der Waals surface area contributed by atoms with E-state index in [-0.39, 0.29) is 18.2 Å². The summed E-state index contributed by atoms with van der Waals surface area (Å²) in [5.74, 6) is -3.68. The average Bonchev–Trinajstić information content (AvgIpc) is 2.95. The van der Waals surface area contributed by atoms with E-state index < -0.39 is 42.3 Å². The number of morpholine rings is 1. The number of aromatic nitrogens is 2. The van der Waals surface area contributed by atoms with Crippen LogP contribution < -0.4 is 20.4 Å². The third-order valence-electron chi connectivity index (χ3n) is 8.00. The van der Waals surface area contributed by atoms with Crippen molar-refractivity contribution in [2.24, 2.45) is 11.8 Å². The Hall–Kier alpha value is -3.45. The maximum absolute atomic E-state index is 15.6. The molecule has 216 valence electrons. The zero-order valence-corrected chi connectivity index (χ0v) is 22.6. The van der Waals surface area contributed by atoms with Crippen molar-refractivity contribution in [1.29, 1.82) is 0 Å². The van der Waals surface area contributed by atoms with Crippen LogP contribution in [0, 0.1) is 17.7 Å². The summed E-state index contributed by atoms with van der Waals surface area (Å²) in [6, 6.07) is 3.06. The number of hydrogen-bond donors (Lipinski definition) is 2. The zero-order chi connectivity index (χ0) is 28.4. The maximum Gasteiger partial charge on any atom is 0.242 e. The number of benzene rings is 1. The molecule has 2 aromatic rings. The Morgan fingerprint density at radius 1 is 1.12 bits per heavy atom. The number of anilines is 3. The van der Waals surface area contributed by atoms with Gasteiger partial charge in [0.05, 0.1) is 30.5 Å². The largest absolute Gasteiger partial charge is 0.378 e. The summed E-state index contributed by atoms with van der Waals surface area (Å²) in [6.07, 6.45) is -0.197. The molecule has 0 aliphatic carbocycles. The Morgan fingerprint density at radius 3 is 2.52 bits per heavy atom. The van der Waals surface area contributed by atoms with E-state index in [1.54, 1.807) is 0 Å². The van der Waals surface area contributed by atoms with Crippen molar-refractivity contribution in [3.8, 4) is 11.1 Å². The lowest BCUT2D eigenvalue weighted by Gasteiger charge is -2.40. The number of ether oxygens (including phenoxy) is 1. The van der Waals surface area contributed by atoms with Gasteiger partial charge >= 0.3 is 0 Å². The molecule has 40 heavy (non-hydrogen) atoms. The van der Waals surface area contributed by atoms with Crippen LogP contribution in [0.3, 0.4) is 0 Å². The molecule has 0 saturated carbocycles. The van der Waals surface area contributed by atoms with Gasteiger partial charge in [-0.05, 0) is 26.1 Å².